The van der Waals surface area contributed by atoms with Crippen molar-refractivity contribution in [3.8, 4) is 28.5 Å². The largest absolute Gasteiger partial charge is 0.496 e. The Balaban J connectivity index is 1.60. The Morgan fingerprint density at radius 1 is 1.07 bits per heavy atom. The van der Waals surface area contributed by atoms with Crippen molar-refractivity contribution in [3.05, 3.63) is 58.9 Å². The minimum absolute atomic E-state index is 0.00531. The van der Waals surface area contributed by atoms with Crippen molar-refractivity contribution < 1.29 is 37.3 Å². The highest BCUT2D eigenvalue weighted by Gasteiger charge is 2.36. The van der Waals surface area contributed by atoms with Gasteiger partial charge in [0.05, 0.1) is 23.2 Å². The summed E-state index contributed by atoms with van der Waals surface area (Å²) in [5, 5.41) is 9.91. The van der Waals surface area contributed by atoms with Gasteiger partial charge >= 0.3 is 12.1 Å². The first-order chi connectivity index (χ1) is 19.9. The Hall–Kier alpha value is -4.52. The van der Waals surface area contributed by atoms with Gasteiger partial charge in [0.25, 0.3) is 0 Å². The molecule has 4 aromatic rings. The number of aryl methyl sites for hydroxylation is 1. The van der Waals surface area contributed by atoms with Crippen LogP contribution in [0.5, 0.6) is 17.4 Å². The number of ether oxygens (including phenoxy) is 2. The van der Waals surface area contributed by atoms with Crippen LogP contribution in [0, 0.1) is 0 Å². The average molecular weight is 604 g/mol. The molecule has 2 aromatic heterocycles. The number of hydrogen-bond acceptors (Lipinski definition) is 7. The Kier molecular flexibility index (Phi) is 7.62. The zero-order valence-corrected chi connectivity index (χ0v) is 23.5. The lowest BCUT2D eigenvalue weighted by Crippen LogP contribution is -2.48. The molecule has 220 valence electrons. The van der Waals surface area contributed by atoms with Crippen molar-refractivity contribution in [1.29, 1.82) is 0 Å². The van der Waals surface area contributed by atoms with E-state index in [0.717, 1.165) is 12.1 Å². The molecule has 1 aliphatic heterocycles. The Bertz CT molecular complexity index is 1700. The lowest BCUT2D eigenvalue weighted by molar-refractivity contribution is -0.137. The Morgan fingerprint density at radius 3 is 2.40 bits per heavy atom. The minimum atomic E-state index is -4.79. The number of methoxy groups -OCH3 is 1. The van der Waals surface area contributed by atoms with Gasteiger partial charge in [-0.2, -0.15) is 18.2 Å². The summed E-state index contributed by atoms with van der Waals surface area (Å²) in [5.74, 6) is -0.612. The number of carboxylic acid groups (broad SMARTS) is 1. The van der Waals surface area contributed by atoms with Crippen LogP contribution in [0.3, 0.4) is 0 Å². The number of rotatable bonds is 6. The number of anilines is 1. The van der Waals surface area contributed by atoms with E-state index in [1.54, 1.807) is 23.1 Å². The third kappa shape index (κ3) is 5.27. The van der Waals surface area contributed by atoms with E-state index in [1.165, 1.54) is 37.9 Å². The van der Waals surface area contributed by atoms with Gasteiger partial charge in [0.2, 0.25) is 17.7 Å². The van der Waals surface area contributed by atoms with Gasteiger partial charge in [-0.25, -0.2) is 9.78 Å². The van der Waals surface area contributed by atoms with Crippen molar-refractivity contribution in [3.63, 3.8) is 0 Å². The number of nitrogens with zero attached hydrogens (tertiary/aromatic N) is 5. The lowest BCUT2D eigenvalue weighted by Gasteiger charge is -2.34. The molecule has 42 heavy (non-hydrogen) atoms. The first kappa shape index (κ1) is 29.0. The molecule has 1 amide bonds. The second-order valence-corrected chi connectivity index (χ2v) is 9.97. The fourth-order valence-corrected chi connectivity index (χ4v) is 5.36. The van der Waals surface area contributed by atoms with Gasteiger partial charge in [-0.3, -0.25) is 4.79 Å². The van der Waals surface area contributed by atoms with Gasteiger partial charge < -0.3 is 28.9 Å². The van der Waals surface area contributed by atoms with Crippen LogP contribution in [0.4, 0.5) is 19.1 Å². The minimum Gasteiger partial charge on any atom is -0.496 e. The number of carbonyl (C=O) groups excluding carboxylic acids is 1. The number of benzene rings is 2. The molecule has 0 unspecified atom stereocenters. The number of carboxylic acids is 1. The molecule has 1 saturated heterocycles. The summed E-state index contributed by atoms with van der Waals surface area (Å²) >= 11 is 5.91. The van der Waals surface area contributed by atoms with Crippen molar-refractivity contribution in [2.45, 2.75) is 13.1 Å². The molecular weight excluding hydrogens is 579 g/mol. The quantitative estimate of drug-likeness (QED) is 0.309. The molecule has 1 N–H and O–H groups in total. The van der Waals surface area contributed by atoms with E-state index in [1.807, 2.05) is 4.90 Å². The molecule has 1 aliphatic rings. The number of aromatic nitrogens is 3. The monoisotopic (exact) mass is 603 g/mol. The number of halogens is 4. The topological polar surface area (TPSA) is 110 Å². The maximum Gasteiger partial charge on any atom is 0.417 e. The van der Waals surface area contributed by atoms with Crippen LogP contribution in [0.25, 0.3) is 22.0 Å². The SMILES string of the molecule is COc1cc(Cl)c(C(F)(F)F)cc1-c1c(C(=O)O)n(C)c2c(Oc3ccnc(N4CCN(C(C)=O)CC4)n3)cccc12. The van der Waals surface area contributed by atoms with E-state index in [2.05, 4.69) is 9.97 Å². The van der Waals surface area contributed by atoms with E-state index in [0.29, 0.717) is 43.0 Å². The van der Waals surface area contributed by atoms with Crippen LogP contribution in [0.15, 0.2) is 42.6 Å². The lowest BCUT2D eigenvalue weighted by atomic mass is 9.98. The highest BCUT2D eigenvalue weighted by molar-refractivity contribution is 6.31. The van der Waals surface area contributed by atoms with Gasteiger partial charge in [0.1, 0.15) is 11.4 Å². The number of hydrogen-bond donors (Lipinski definition) is 1. The molecule has 0 bridgehead atoms. The number of alkyl halides is 3. The predicted octanol–water partition coefficient (Wildman–Crippen LogP) is 5.48. The molecule has 0 aliphatic carbocycles. The number of aromatic carboxylic acids is 1. The molecule has 0 saturated carbocycles. The van der Waals surface area contributed by atoms with E-state index >= 15 is 0 Å². The summed E-state index contributed by atoms with van der Waals surface area (Å²) < 4.78 is 54.1. The zero-order valence-electron chi connectivity index (χ0n) is 22.7. The van der Waals surface area contributed by atoms with Crippen LogP contribution in [0.1, 0.15) is 23.0 Å². The van der Waals surface area contributed by atoms with Crippen LogP contribution in [-0.4, -0.2) is 69.7 Å². The number of fused-ring (bicyclic) bond motifs is 1. The summed E-state index contributed by atoms with van der Waals surface area (Å²) in [6, 6.07) is 8.13. The highest BCUT2D eigenvalue weighted by atomic mass is 35.5. The zero-order chi connectivity index (χ0) is 30.3. The smallest absolute Gasteiger partial charge is 0.417 e. The normalized spacial score (nSPS) is 13.9. The van der Waals surface area contributed by atoms with Crippen molar-refractivity contribution in [1.82, 2.24) is 19.4 Å². The average Bonchev–Trinajstić information content (AvgIpc) is 3.25. The third-order valence-electron chi connectivity index (χ3n) is 7.08. The predicted molar refractivity (Wildman–Crippen MR) is 148 cm³/mol. The van der Waals surface area contributed by atoms with Gasteiger partial charge in [-0.15, -0.1) is 0 Å². The molecule has 0 spiro atoms. The molecule has 14 heteroatoms. The van der Waals surface area contributed by atoms with E-state index < -0.39 is 22.7 Å². The molecule has 1 fully saturated rings. The van der Waals surface area contributed by atoms with Crippen LogP contribution in [0.2, 0.25) is 5.02 Å². The first-order valence-corrected chi connectivity index (χ1v) is 13.1. The van der Waals surface area contributed by atoms with Gasteiger partial charge in [0.15, 0.2) is 5.75 Å². The molecular formula is C28H25ClF3N5O5. The van der Waals surface area contributed by atoms with E-state index in [9.17, 15) is 27.9 Å². The number of carbonyl (C=O) groups is 2. The van der Waals surface area contributed by atoms with E-state index in [-0.39, 0.29) is 40.1 Å². The van der Waals surface area contributed by atoms with Gasteiger partial charge in [0, 0.05) is 68.9 Å². The van der Waals surface area contributed by atoms with Gasteiger partial charge in [-0.05, 0) is 18.2 Å². The third-order valence-corrected chi connectivity index (χ3v) is 7.39. The molecule has 0 radical (unpaired) electrons. The standard InChI is InChI=1S/C28H25ClF3N5O5/c1-15(38)36-9-11-37(12-10-36)27-33-8-7-22(34-27)42-20-6-4-5-16-23(25(26(39)40)35(2)24(16)20)17-13-18(28(30,31)32)19(29)14-21(17)41-3/h4-8,13-14H,9-12H2,1-3H3,(H,39,40). The summed E-state index contributed by atoms with van der Waals surface area (Å²) in [6.07, 6.45) is -3.27. The van der Waals surface area contributed by atoms with Crippen molar-refractivity contribution in [2.24, 2.45) is 7.05 Å². The first-order valence-electron chi connectivity index (χ1n) is 12.7. The summed E-state index contributed by atoms with van der Waals surface area (Å²) in [6.45, 7) is 3.63. The number of amides is 1. The summed E-state index contributed by atoms with van der Waals surface area (Å²) in [7, 11) is 2.74. The van der Waals surface area contributed by atoms with Crippen LogP contribution >= 0.6 is 11.6 Å². The second kappa shape index (κ2) is 11.0. The molecule has 10 nitrogen and oxygen atoms in total. The fourth-order valence-electron chi connectivity index (χ4n) is 5.09. The number of piperazine rings is 1. The maximum absolute atomic E-state index is 13.8. The van der Waals surface area contributed by atoms with Gasteiger partial charge in [-0.1, -0.05) is 23.7 Å². The Morgan fingerprint density at radius 2 is 1.79 bits per heavy atom. The number of para-hydroxylation sites is 1. The molecule has 3 heterocycles. The van der Waals surface area contributed by atoms with E-state index in [4.69, 9.17) is 21.1 Å². The second-order valence-electron chi connectivity index (χ2n) is 9.56. The van der Waals surface area contributed by atoms with Crippen LogP contribution in [-0.2, 0) is 18.0 Å². The molecule has 2 aromatic carbocycles. The summed E-state index contributed by atoms with van der Waals surface area (Å²) in [4.78, 5) is 36.6. The Labute approximate surface area is 242 Å². The van der Waals surface area contributed by atoms with Crippen molar-refractivity contribution >= 4 is 40.3 Å². The summed E-state index contributed by atoms with van der Waals surface area (Å²) in [5.41, 5.74) is -1.18. The maximum atomic E-state index is 13.8. The molecule has 0 atom stereocenters. The fraction of sp³-hybridized carbons (Fsp3) is 0.286. The molecule has 5 rings (SSSR count). The highest BCUT2D eigenvalue weighted by Crippen LogP contribution is 2.47. The van der Waals surface area contributed by atoms with Crippen LogP contribution < -0.4 is 14.4 Å². The van der Waals surface area contributed by atoms with Crippen molar-refractivity contribution in [2.75, 3.05) is 38.2 Å².